The lowest BCUT2D eigenvalue weighted by Crippen LogP contribution is -2.57. The van der Waals surface area contributed by atoms with Crippen LogP contribution in [0.1, 0.15) is 47.5 Å². The molecule has 2 saturated heterocycles. The van der Waals surface area contributed by atoms with Gasteiger partial charge in [-0.05, 0) is 12.8 Å². The molecule has 0 saturated carbocycles. The van der Waals surface area contributed by atoms with Crippen LogP contribution in [0.15, 0.2) is 0 Å². The minimum atomic E-state index is -1.42. The summed E-state index contributed by atoms with van der Waals surface area (Å²) in [7, 11) is 0. The van der Waals surface area contributed by atoms with E-state index in [9.17, 15) is 35.7 Å². The van der Waals surface area contributed by atoms with Crippen LogP contribution in [-0.2, 0) is 9.47 Å². The van der Waals surface area contributed by atoms with Crippen molar-refractivity contribution in [1.29, 1.82) is 0 Å². The second-order valence-corrected chi connectivity index (χ2v) is 7.42. The molecule has 10 heteroatoms. The average molecular weight is 443 g/mol. The lowest BCUT2D eigenvalue weighted by molar-refractivity contribution is -0.281. The second-order valence-electron chi connectivity index (χ2n) is 7.42. The third-order valence-electron chi connectivity index (χ3n) is 5.68. The van der Waals surface area contributed by atoms with E-state index >= 15 is 0 Å². The Morgan fingerprint density at radius 3 is 1.60 bits per heavy atom. The zero-order valence-corrected chi connectivity index (χ0v) is 18.6. The van der Waals surface area contributed by atoms with Gasteiger partial charge < -0.3 is 50.3 Å². The molecule has 2 aliphatic heterocycles. The van der Waals surface area contributed by atoms with Gasteiger partial charge in [-0.1, -0.05) is 40.5 Å². The van der Waals surface area contributed by atoms with E-state index in [0.29, 0.717) is 0 Å². The molecule has 30 heavy (non-hydrogen) atoms. The number of aliphatic hydroxyl groups excluding tert-OH is 8. The van der Waals surface area contributed by atoms with E-state index in [1.54, 1.807) is 6.92 Å². The molecule has 0 amide bonds. The SMILES string of the molecule is CC.CC1OC(CO)C(O)C(O)C1O.CCC(CC)C1C(CO)OC(O)C(O)C1O. The molecule has 8 N–H and O–H groups in total. The van der Waals surface area contributed by atoms with E-state index in [1.807, 2.05) is 27.7 Å². The normalized spacial score (nSPS) is 41.4. The Kier molecular flexibility index (Phi) is 14.4. The van der Waals surface area contributed by atoms with Crippen LogP contribution >= 0.6 is 0 Å². The van der Waals surface area contributed by atoms with Crippen LogP contribution in [0, 0.1) is 11.8 Å². The van der Waals surface area contributed by atoms with Crippen molar-refractivity contribution in [2.24, 2.45) is 11.8 Å². The molecule has 2 rings (SSSR count). The van der Waals surface area contributed by atoms with Gasteiger partial charge in [0.2, 0.25) is 0 Å². The molecule has 0 bridgehead atoms. The van der Waals surface area contributed by atoms with Crippen molar-refractivity contribution in [3.8, 4) is 0 Å². The predicted molar refractivity (Wildman–Crippen MR) is 108 cm³/mol. The highest BCUT2D eigenvalue weighted by atomic mass is 16.6. The summed E-state index contributed by atoms with van der Waals surface area (Å²) in [5, 5.41) is 74.4. The van der Waals surface area contributed by atoms with Gasteiger partial charge in [0.05, 0.1) is 31.5 Å². The molecule has 2 aliphatic rings. The Morgan fingerprint density at radius 1 is 0.667 bits per heavy atom. The lowest BCUT2D eigenvalue weighted by Gasteiger charge is -2.43. The molecule has 10 nitrogen and oxygen atoms in total. The first-order chi connectivity index (χ1) is 14.1. The predicted octanol–water partition coefficient (Wildman–Crippen LogP) is -1.65. The number of hydrogen-bond donors (Lipinski definition) is 8. The van der Waals surface area contributed by atoms with E-state index in [0.717, 1.165) is 12.8 Å². The molecular weight excluding hydrogens is 400 g/mol. The van der Waals surface area contributed by atoms with Crippen LogP contribution in [0.3, 0.4) is 0 Å². The van der Waals surface area contributed by atoms with Crippen molar-refractivity contribution in [2.75, 3.05) is 13.2 Å². The zero-order valence-electron chi connectivity index (χ0n) is 18.6. The van der Waals surface area contributed by atoms with Crippen LogP contribution in [-0.4, -0.2) is 109 Å². The quantitative estimate of drug-likeness (QED) is 0.246. The monoisotopic (exact) mass is 442 g/mol. The van der Waals surface area contributed by atoms with Gasteiger partial charge in [0.15, 0.2) is 6.29 Å². The maximum atomic E-state index is 9.94. The molecular formula is C20H42O10. The molecule has 10 unspecified atom stereocenters. The second kappa shape index (κ2) is 14.6. The molecule has 2 fully saturated rings. The highest BCUT2D eigenvalue weighted by Gasteiger charge is 2.46. The van der Waals surface area contributed by atoms with Crippen molar-refractivity contribution in [3.05, 3.63) is 0 Å². The summed E-state index contributed by atoms with van der Waals surface area (Å²) >= 11 is 0. The maximum Gasteiger partial charge on any atom is 0.183 e. The third-order valence-corrected chi connectivity index (χ3v) is 5.68. The van der Waals surface area contributed by atoms with Gasteiger partial charge in [0.1, 0.15) is 30.5 Å². The highest BCUT2D eigenvalue weighted by Crippen LogP contribution is 2.34. The van der Waals surface area contributed by atoms with Gasteiger partial charge in [-0.2, -0.15) is 0 Å². The average Bonchev–Trinajstić information content (AvgIpc) is 2.76. The standard InChI is InChI=1S/C11H22O5.C7H14O5.C2H6/c1-3-6(4-2)8-7(5-12)16-11(15)10(14)9(8)13;1-3-5(9)7(11)6(10)4(2-8)12-3;1-2/h6-15H,3-5H2,1-2H3;3-11H,2H2,1H3;1-2H3. The van der Waals surface area contributed by atoms with Crippen LogP contribution in [0.25, 0.3) is 0 Å². The van der Waals surface area contributed by atoms with Crippen molar-refractivity contribution in [2.45, 2.75) is 103 Å². The van der Waals surface area contributed by atoms with E-state index in [1.165, 1.54) is 0 Å². The fraction of sp³-hybridized carbons (Fsp3) is 1.00. The molecule has 0 radical (unpaired) electrons. The Morgan fingerprint density at radius 2 is 1.17 bits per heavy atom. The third kappa shape index (κ3) is 7.33. The minimum absolute atomic E-state index is 0.161. The van der Waals surface area contributed by atoms with Crippen LogP contribution in [0.4, 0.5) is 0 Å². The summed E-state index contributed by atoms with van der Waals surface area (Å²) in [5.74, 6) is -0.173. The van der Waals surface area contributed by atoms with Crippen molar-refractivity contribution in [1.82, 2.24) is 0 Å². The van der Waals surface area contributed by atoms with Crippen molar-refractivity contribution < 1.29 is 50.3 Å². The first kappa shape index (κ1) is 29.6. The highest BCUT2D eigenvalue weighted by molar-refractivity contribution is 4.91. The summed E-state index contributed by atoms with van der Waals surface area (Å²) in [6.45, 7) is 8.93. The Labute approximate surface area is 178 Å². The Hall–Kier alpha value is -0.400. The molecule has 0 aromatic heterocycles. The van der Waals surface area contributed by atoms with Gasteiger partial charge in [-0.25, -0.2) is 0 Å². The van der Waals surface area contributed by atoms with E-state index in [-0.39, 0.29) is 25.0 Å². The van der Waals surface area contributed by atoms with E-state index < -0.39 is 55.1 Å². The number of hydrogen-bond acceptors (Lipinski definition) is 10. The van der Waals surface area contributed by atoms with Crippen LogP contribution in [0.2, 0.25) is 0 Å². The molecule has 2 heterocycles. The van der Waals surface area contributed by atoms with Crippen LogP contribution < -0.4 is 0 Å². The smallest absolute Gasteiger partial charge is 0.183 e. The molecule has 0 aliphatic carbocycles. The molecule has 182 valence electrons. The fourth-order valence-corrected chi connectivity index (χ4v) is 3.83. The van der Waals surface area contributed by atoms with Crippen LogP contribution in [0.5, 0.6) is 0 Å². The van der Waals surface area contributed by atoms with Gasteiger partial charge in [-0.15, -0.1) is 0 Å². The molecule has 0 aromatic carbocycles. The topological polar surface area (TPSA) is 180 Å². The fourth-order valence-electron chi connectivity index (χ4n) is 3.83. The summed E-state index contributed by atoms with van der Waals surface area (Å²) in [4.78, 5) is 0. The lowest BCUT2D eigenvalue weighted by atomic mass is 9.77. The maximum absolute atomic E-state index is 9.94. The Bertz CT molecular complexity index is 429. The number of rotatable bonds is 5. The van der Waals surface area contributed by atoms with Gasteiger partial charge in [-0.3, -0.25) is 0 Å². The summed E-state index contributed by atoms with van der Waals surface area (Å²) in [6.07, 6.45) is -7.65. The molecule has 0 spiro atoms. The van der Waals surface area contributed by atoms with Gasteiger partial charge in [0, 0.05) is 5.92 Å². The van der Waals surface area contributed by atoms with E-state index in [4.69, 9.17) is 14.6 Å². The summed E-state index contributed by atoms with van der Waals surface area (Å²) in [5.41, 5.74) is 0. The first-order valence-corrected chi connectivity index (χ1v) is 10.7. The number of aliphatic hydroxyl groups is 8. The first-order valence-electron chi connectivity index (χ1n) is 10.7. The zero-order chi connectivity index (χ0) is 23.6. The Balaban J connectivity index is 0.000000535. The largest absolute Gasteiger partial charge is 0.394 e. The number of ether oxygens (including phenoxy) is 2. The van der Waals surface area contributed by atoms with Crippen molar-refractivity contribution >= 4 is 0 Å². The molecule has 10 atom stereocenters. The van der Waals surface area contributed by atoms with Gasteiger partial charge >= 0.3 is 0 Å². The van der Waals surface area contributed by atoms with Crippen molar-refractivity contribution in [3.63, 3.8) is 0 Å². The van der Waals surface area contributed by atoms with Gasteiger partial charge in [0.25, 0.3) is 0 Å². The minimum Gasteiger partial charge on any atom is -0.394 e. The molecule has 0 aromatic rings. The van der Waals surface area contributed by atoms with E-state index in [2.05, 4.69) is 0 Å². The summed E-state index contributed by atoms with van der Waals surface area (Å²) in [6, 6.07) is 0. The summed E-state index contributed by atoms with van der Waals surface area (Å²) < 4.78 is 10.1.